The van der Waals surface area contributed by atoms with E-state index >= 15 is 0 Å². The second-order valence-corrected chi connectivity index (χ2v) is 1.62. The molecule has 0 aliphatic carbocycles. The van der Waals surface area contributed by atoms with Crippen molar-refractivity contribution in [1.82, 2.24) is 0 Å². The first kappa shape index (κ1) is 6.44. The summed E-state index contributed by atoms with van der Waals surface area (Å²) in [5, 5.41) is 8.07. The molecule has 0 aliphatic heterocycles. The molecule has 0 bridgehead atoms. The van der Waals surface area contributed by atoms with Gasteiger partial charge in [0.2, 0.25) is 0 Å². The Morgan fingerprint density at radius 2 is 2.50 bits per heavy atom. The number of hydrogen-bond acceptors (Lipinski definition) is 2. The van der Waals surface area contributed by atoms with E-state index in [1.165, 1.54) is 11.6 Å². The molecule has 0 atom stereocenters. The van der Waals surface area contributed by atoms with Crippen LogP contribution in [-0.4, -0.2) is 25.4 Å². The lowest BCUT2D eigenvalue weighted by Gasteiger charge is -1.84. The van der Waals surface area contributed by atoms with Crippen LogP contribution in [0.5, 0.6) is 0 Å². The molecule has 0 saturated carbocycles. The Labute approximate surface area is 44.1 Å². The fourth-order valence-electron chi connectivity index (χ4n) is 0.121. The van der Waals surface area contributed by atoms with Crippen LogP contribution in [0.3, 0.4) is 0 Å². The van der Waals surface area contributed by atoms with Crippen LogP contribution in [0.15, 0.2) is 0 Å². The van der Waals surface area contributed by atoms with E-state index in [9.17, 15) is 0 Å². The largest absolute Gasteiger partial charge is 0.387 e. The number of aliphatic hydroxyl groups excluding tert-OH is 1. The highest BCUT2D eigenvalue weighted by Crippen LogP contribution is 1.92. The first-order valence-corrected chi connectivity index (χ1v) is 2.71. The van der Waals surface area contributed by atoms with Gasteiger partial charge in [-0.3, -0.25) is 0 Å². The highest BCUT2D eigenvalue weighted by Gasteiger charge is 1.79. The third kappa shape index (κ3) is 4.44. The lowest BCUT2D eigenvalue weighted by atomic mass is 9.86. The maximum atomic E-state index is 8.07. The van der Waals surface area contributed by atoms with Crippen LogP contribution in [0.1, 0.15) is 0 Å². The summed E-state index contributed by atoms with van der Waals surface area (Å²) < 4.78 is 0. The predicted molar refractivity (Wildman–Crippen MR) is 31.0 cm³/mol. The zero-order valence-electron chi connectivity index (χ0n) is 3.42. The SMILES string of the molecule is [B]C[B]SCO. The fraction of sp³-hybridized carbons (Fsp3) is 1.00. The van der Waals surface area contributed by atoms with Gasteiger partial charge in [0.1, 0.15) is 0 Å². The van der Waals surface area contributed by atoms with Crippen molar-refractivity contribution < 1.29 is 5.11 Å². The van der Waals surface area contributed by atoms with E-state index < -0.39 is 0 Å². The van der Waals surface area contributed by atoms with Crippen molar-refractivity contribution >= 4 is 26.0 Å². The van der Waals surface area contributed by atoms with E-state index in [4.69, 9.17) is 13.0 Å². The van der Waals surface area contributed by atoms with Gasteiger partial charge in [0.25, 0.3) is 0 Å². The average molecular weight is 98.8 g/mol. The molecule has 0 rings (SSSR count). The Morgan fingerprint density at radius 3 is 2.67 bits per heavy atom. The van der Waals surface area contributed by atoms with Crippen molar-refractivity contribution in [2.75, 3.05) is 5.94 Å². The first-order valence-electron chi connectivity index (χ1n) is 1.66. The summed E-state index contributed by atoms with van der Waals surface area (Å²) in [5.74, 6) is 0.136. The van der Waals surface area contributed by atoms with Crippen LogP contribution < -0.4 is 0 Å². The molecule has 0 heterocycles. The Bertz CT molecular complexity index is 23.5. The van der Waals surface area contributed by atoms with E-state index in [0.29, 0.717) is 6.22 Å². The summed E-state index contributed by atoms with van der Waals surface area (Å²) in [6.45, 7) is 1.75. The van der Waals surface area contributed by atoms with Gasteiger partial charge in [0.15, 0.2) is 6.56 Å². The molecule has 0 aliphatic rings. The standard InChI is InChI=1S/C2H5B2OS/c3-1-4-6-2-5/h5H,1-2H2. The van der Waals surface area contributed by atoms with E-state index in [1.54, 1.807) is 6.56 Å². The molecule has 1 nitrogen and oxygen atoms in total. The molecule has 6 heavy (non-hydrogen) atoms. The van der Waals surface area contributed by atoms with Gasteiger partial charge in [0.05, 0.1) is 13.8 Å². The van der Waals surface area contributed by atoms with E-state index in [2.05, 4.69) is 0 Å². The Balaban J connectivity index is 2.34. The van der Waals surface area contributed by atoms with Crippen LogP contribution in [0.2, 0.25) is 6.22 Å². The van der Waals surface area contributed by atoms with Crippen molar-refractivity contribution in [2.24, 2.45) is 0 Å². The molecule has 1 N–H and O–H groups in total. The topological polar surface area (TPSA) is 20.2 Å². The molecular weight excluding hydrogens is 93.7 g/mol. The highest BCUT2D eigenvalue weighted by molar-refractivity contribution is 8.22. The first-order chi connectivity index (χ1) is 2.91. The third-order valence-electron chi connectivity index (χ3n) is 0.289. The minimum Gasteiger partial charge on any atom is -0.387 e. The van der Waals surface area contributed by atoms with Gasteiger partial charge < -0.3 is 5.11 Å². The quantitative estimate of drug-likeness (QED) is 0.301. The third-order valence-corrected chi connectivity index (χ3v) is 0.866. The smallest absolute Gasteiger partial charge is 0.185 e. The fourth-order valence-corrected chi connectivity index (χ4v) is 0.362. The zero-order valence-corrected chi connectivity index (χ0v) is 4.24. The van der Waals surface area contributed by atoms with Crippen LogP contribution >= 0.6 is 11.6 Å². The molecule has 31 valence electrons. The molecule has 0 saturated heterocycles. The molecule has 0 aromatic rings. The number of hydrogen-bond donors (Lipinski definition) is 1. The molecule has 3 radical (unpaired) electrons. The average Bonchev–Trinajstić information content (AvgIpc) is 1.61. The molecule has 0 aromatic heterocycles. The Morgan fingerprint density at radius 1 is 1.83 bits per heavy atom. The van der Waals surface area contributed by atoms with E-state index in [-0.39, 0.29) is 5.94 Å². The van der Waals surface area contributed by atoms with Crippen LogP contribution in [0.25, 0.3) is 0 Å². The van der Waals surface area contributed by atoms with Crippen molar-refractivity contribution in [3.63, 3.8) is 0 Å². The van der Waals surface area contributed by atoms with Crippen molar-refractivity contribution in [1.29, 1.82) is 0 Å². The van der Waals surface area contributed by atoms with Gasteiger partial charge in [-0.25, -0.2) is 0 Å². The monoisotopic (exact) mass is 99.0 g/mol. The Hall–Kier alpha value is 0.440. The summed E-state index contributed by atoms with van der Waals surface area (Å²) in [4.78, 5) is 0. The number of rotatable bonds is 3. The van der Waals surface area contributed by atoms with Gasteiger partial charge in [-0.05, 0) is 0 Å². The molecule has 0 fully saturated rings. The van der Waals surface area contributed by atoms with Gasteiger partial charge in [-0.1, -0.05) is 0 Å². The van der Waals surface area contributed by atoms with Crippen molar-refractivity contribution in [3.05, 3.63) is 0 Å². The summed E-state index contributed by atoms with van der Waals surface area (Å²) in [5.41, 5.74) is 0. The van der Waals surface area contributed by atoms with Crippen LogP contribution in [0, 0.1) is 0 Å². The second kappa shape index (κ2) is 5.44. The normalized spacial score (nSPS) is 8.17. The Kier molecular flexibility index (Phi) is 5.84. The molecule has 0 spiro atoms. The molecule has 4 heteroatoms. The summed E-state index contributed by atoms with van der Waals surface area (Å²) in [7, 11) is 5.03. The predicted octanol–water partition coefficient (Wildman–Crippen LogP) is -0.167. The zero-order chi connectivity index (χ0) is 4.83. The van der Waals surface area contributed by atoms with Crippen molar-refractivity contribution in [2.45, 2.75) is 6.22 Å². The molecule has 0 amide bonds. The summed E-state index contributed by atoms with van der Waals surface area (Å²) in [6.07, 6.45) is 0.533. The highest BCUT2D eigenvalue weighted by atomic mass is 32.2. The lowest BCUT2D eigenvalue weighted by molar-refractivity contribution is 0.376. The number of aliphatic hydroxyl groups is 1. The van der Waals surface area contributed by atoms with Crippen LogP contribution in [0.4, 0.5) is 0 Å². The van der Waals surface area contributed by atoms with E-state index in [0.717, 1.165) is 0 Å². The van der Waals surface area contributed by atoms with Crippen molar-refractivity contribution in [3.8, 4) is 0 Å². The van der Waals surface area contributed by atoms with Gasteiger partial charge in [-0.2, -0.15) is 11.6 Å². The van der Waals surface area contributed by atoms with Gasteiger partial charge >= 0.3 is 0 Å². The second-order valence-electron chi connectivity index (χ2n) is 0.698. The lowest BCUT2D eigenvalue weighted by Crippen LogP contribution is -1.82. The minimum atomic E-state index is 0.136. The summed E-state index contributed by atoms with van der Waals surface area (Å²) >= 11 is 1.31. The van der Waals surface area contributed by atoms with Gasteiger partial charge in [0, 0.05) is 0 Å². The summed E-state index contributed by atoms with van der Waals surface area (Å²) in [6, 6.07) is 0. The van der Waals surface area contributed by atoms with Crippen LogP contribution in [-0.2, 0) is 0 Å². The molecular formula is C2H5B2OS. The van der Waals surface area contributed by atoms with E-state index in [1.807, 2.05) is 0 Å². The van der Waals surface area contributed by atoms with Gasteiger partial charge in [-0.15, -0.1) is 6.22 Å². The maximum Gasteiger partial charge on any atom is 0.185 e. The molecule has 0 aromatic carbocycles. The maximum absolute atomic E-state index is 8.07. The molecule has 0 unspecified atom stereocenters. The minimum absolute atomic E-state index is 0.136.